The molecule has 1 rings (SSSR count). The van der Waals surface area contributed by atoms with Crippen LogP contribution in [0, 0.1) is 0 Å². The first-order valence-corrected chi connectivity index (χ1v) is 5.24. The molecule has 0 aromatic heterocycles. The van der Waals surface area contributed by atoms with Gasteiger partial charge in [-0.25, -0.2) is 0 Å². The third kappa shape index (κ3) is 2.42. The smallest absolute Gasteiger partial charge is 0.230 e. The Morgan fingerprint density at radius 2 is 1.69 bits per heavy atom. The summed E-state index contributed by atoms with van der Waals surface area (Å²) in [7, 11) is 2.05. The van der Waals surface area contributed by atoms with E-state index in [0.717, 1.165) is 39.0 Å². The number of likely N-dealkylation sites (tertiary alicyclic amines) is 1. The summed E-state index contributed by atoms with van der Waals surface area (Å²) in [6.45, 7) is 6.88. The molecule has 0 atom stereocenters. The lowest BCUT2D eigenvalue weighted by molar-refractivity contribution is -0.358. The standard InChI is InChI=1S/C10H21NO2/c1-4-8-12-10(13-9-5-2)6-7-11(10)3/h4-9H2,1-3H3. The van der Waals surface area contributed by atoms with Crippen LogP contribution < -0.4 is 0 Å². The first kappa shape index (κ1) is 11.0. The van der Waals surface area contributed by atoms with Gasteiger partial charge in [-0.3, -0.25) is 4.90 Å². The SMILES string of the molecule is CCCOC1(OCCC)CCN1C. The van der Waals surface area contributed by atoms with Crippen LogP contribution in [0.1, 0.15) is 33.1 Å². The summed E-state index contributed by atoms with van der Waals surface area (Å²) in [5.74, 6) is -0.383. The molecule has 0 aromatic carbocycles. The molecule has 0 aliphatic carbocycles. The zero-order valence-electron chi connectivity index (χ0n) is 9.01. The van der Waals surface area contributed by atoms with Gasteiger partial charge in [0.15, 0.2) is 0 Å². The van der Waals surface area contributed by atoms with Crippen LogP contribution in [-0.4, -0.2) is 37.6 Å². The summed E-state index contributed by atoms with van der Waals surface area (Å²) < 4.78 is 11.5. The van der Waals surface area contributed by atoms with Crippen molar-refractivity contribution < 1.29 is 9.47 Å². The fourth-order valence-electron chi connectivity index (χ4n) is 1.45. The van der Waals surface area contributed by atoms with Gasteiger partial charge in [-0.05, 0) is 19.9 Å². The van der Waals surface area contributed by atoms with Gasteiger partial charge in [0.1, 0.15) is 0 Å². The maximum atomic E-state index is 5.73. The molecular weight excluding hydrogens is 166 g/mol. The van der Waals surface area contributed by atoms with Crippen LogP contribution in [0.3, 0.4) is 0 Å². The summed E-state index contributed by atoms with van der Waals surface area (Å²) >= 11 is 0. The minimum atomic E-state index is -0.383. The molecule has 13 heavy (non-hydrogen) atoms. The van der Waals surface area contributed by atoms with Crippen LogP contribution in [0.25, 0.3) is 0 Å². The highest BCUT2D eigenvalue weighted by atomic mass is 16.7. The number of hydrogen-bond acceptors (Lipinski definition) is 3. The van der Waals surface area contributed by atoms with E-state index in [4.69, 9.17) is 9.47 Å². The molecular formula is C10H21NO2. The monoisotopic (exact) mass is 187 g/mol. The Balaban J connectivity index is 2.35. The van der Waals surface area contributed by atoms with E-state index in [-0.39, 0.29) is 5.91 Å². The predicted molar refractivity (Wildman–Crippen MR) is 52.5 cm³/mol. The zero-order valence-corrected chi connectivity index (χ0v) is 9.01. The summed E-state index contributed by atoms with van der Waals surface area (Å²) in [5.41, 5.74) is 0. The van der Waals surface area contributed by atoms with Crippen molar-refractivity contribution in [3.8, 4) is 0 Å². The average molecular weight is 187 g/mol. The highest BCUT2D eigenvalue weighted by Crippen LogP contribution is 2.31. The molecule has 0 saturated carbocycles. The van der Waals surface area contributed by atoms with Crippen molar-refractivity contribution in [3.05, 3.63) is 0 Å². The summed E-state index contributed by atoms with van der Waals surface area (Å²) in [6.07, 6.45) is 3.10. The number of nitrogens with zero attached hydrogens (tertiary/aromatic N) is 1. The molecule has 1 aliphatic heterocycles. The van der Waals surface area contributed by atoms with Crippen LogP contribution >= 0.6 is 0 Å². The van der Waals surface area contributed by atoms with Gasteiger partial charge < -0.3 is 9.47 Å². The molecule has 1 heterocycles. The van der Waals surface area contributed by atoms with E-state index in [9.17, 15) is 0 Å². The molecule has 0 unspecified atom stereocenters. The van der Waals surface area contributed by atoms with Crippen LogP contribution in [0.4, 0.5) is 0 Å². The largest absolute Gasteiger partial charge is 0.337 e. The van der Waals surface area contributed by atoms with E-state index < -0.39 is 0 Å². The first-order valence-electron chi connectivity index (χ1n) is 5.24. The van der Waals surface area contributed by atoms with E-state index in [1.165, 1.54) is 0 Å². The summed E-state index contributed by atoms with van der Waals surface area (Å²) in [6, 6.07) is 0. The lowest BCUT2D eigenvalue weighted by Gasteiger charge is -2.49. The van der Waals surface area contributed by atoms with Gasteiger partial charge in [0.25, 0.3) is 0 Å². The predicted octanol–water partition coefficient (Wildman–Crippen LogP) is 1.83. The maximum absolute atomic E-state index is 5.73. The first-order chi connectivity index (χ1) is 6.25. The van der Waals surface area contributed by atoms with Crippen LogP contribution in [0.15, 0.2) is 0 Å². The van der Waals surface area contributed by atoms with Crippen molar-refractivity contribution in [2.75, 3.05) is 26.8 Å². The third-order valence-corrected chi connectivity index (χ3v) is 2.41. The fraction of sp³-hybridized carbons (Fsp3) is 1.00. The molecule has 0 aromatic rings. The van der Waals surface area contributed by atoms with Gasteiger partial charge >= 0.3 is 0 Å². The van der Waals surface area contributed by atoms with E-state index in [1.54, 1.807) is 0 Å². The summed E-state index contributed by atoms with van der Waals surface area (Å²) in [4.78, 5) is 2.14. The van der Waals surface area contributed by atoms with Crippen molar-refractivity contribution >= 4 is 0 Å². The second-order valence-corrected chi connectivity index (χ2v) is 3.58. The molecule has 1 aliphatic rings. The highest BCUT2D eigenvalue weighted by Gasteiger charge is 2.44. The minimum Gasteiger partial charge on any atom is -0.337 e. The number of ether oxygens (including phenoxy) is 2. The fourth-order valence-corrected chi connectivity index (χ4v) is 1.45. The van der Waals surface area contributed by atoms with Gasteiger partial charge in [0, 0.05) is 13.0 Å². The number of rotatable bonds is 6. The van der Waals surface area contributed by atoms with Crippen molar-refractivity contribution in [2.45, 2.75) is 39.0 Å². The Morgan fingerprint density at radius 3 is 1.92 bits per heavy atom. The second kappa shape index (κ2) is 4.94. The molecule has 1 saturated heterocycles. The Bertz CT molecular complexity index is 142. The van der Waals surface area contributed by atoms with Crippen LogP contribution in [0.2, 0.25) is 0 Å². The Labute approximate surface area is 81.0 Å². The van der Waals surface area contributed by atoms with E-state index in [0.29, 0.717) is 0 Å². The topological polar surface area (TPSA) is 21.7 Å². The van der Waals surface area contributed by atoms with E-state index in [2.05, 4.69) is 25.8 Å². The Kier molecular flexibility index (Phi) is 4.16. The molecule has 3 nitrogen and oxygen atoms in total. The molecule has 0 spiro atoms. The van der Waals surface area contributed by atoms with Gasteiger partial charge in [-0.15, -0.1) is 0 Å². The van der Waals surface area contributed by atoms with E-state index in [1.807, 2.05) is 0 Å². The van der Waals surface area contributed by atoms with Crippen molar-refractivity contribution in [2.24, 2.45) is 0 Å². The quantitative estimate of drug-likeness (QED) is 0.592. The Hall–Kier alpha value is -0.120. The maximum Gasteiger partial charge on any atom is 0.230 e. The van der Waals surface area contributed by atoms with Gasteiger partial charge in [-0.1, -0.05) is 13.8 Å². The normalized spacial score (nSPS) is 21.5. The van der Waals surface area contributed by atoms with Crippen molar-refractivity contribution in [1.29, 1.82) is 0 Å². The molecule has 0 radical (unpaired) electrons. The zero-order chi connectivity index (χ0) is 9.73. The molecule has 78 valence electrons. The lowest BCUT2D eigenvalue weighted by Crippen LogP contribution is -2.61. The second-order valence-electron chi connectivity index (χ2n) is 3.58. The van der Waals surface area contributed by atoms with Crippen LogP contribution in [-0.2, 0) is 9.47 Å². The Morgan fingerprint density at radius 1 is 1.15 bits per heavy atom. The van der Waals surface area contributed by atoms with Gasteiger partial charge in [0.05, 0.1) is 13.2 Å². The van der Waals surface area contributed by atoms with E-state index >= 15 is 0 Å². The van der Waals surface area contributed by atoms with Gasteiger partial charge in [0.2, 0.25) is 5.91 Å². The minimum absolute atomic E-state index is 0.383. The van der Waals surface area contributed by atoms with Gasteiger partial charge in [-0.2, -0.15) is 0 Å². The average Bonchev–Trinajstić information content (AvgIpc) is 2.16. The number of hydrogen-bond donors (Lipinski definition) is 0. The third-order valence-electron chi connectivity index (χ3n) is 2.41. The molecule has 0 amide bonds. The molecule has 0 N–H and O–H groups in total. The van der Waals surface area contributed by atoms with Crippen molar-refractivity contribution in [1.82, 2.24) is 4.90 Å². The molecule has 1 fully saturated rings. The van der Waals surface area contributed by atoms with Crippen molar-refractivity contribution in [3.63, 3.8) is 0 Å². The summed E-state index contributed by atoms with van der Waals surface area (Å²) in [5, 5.41) is 0. The molecule has 0 bridgehead atoms. The van der Waals surface area contributed by atoms with Crippen LogP contribution in [0.5, 0.6) is 0 Å². The molecule has 3 heteroatoms. The highest BCUT2D eigenvalue weighted by molar-refractivity contribution is 4.81. The lowest BCUT2D eigenvalue weighted by atomic mass is 10.1.